The maximum atomic E-state index is 14.1. The second kappa shape index (κ2) is 8.97. The molecule has 3 aromatic carbocycles. The van der Waals surface area contributed by atoms with Crippen molar-refractivity contribution in [2.24, 2.45) is 0 Å². The first-order valence-corrected chi connectivity index (χ1v) is 10.9. The number of carbonyl (C=O) groups excluding carboxylic acids is 2. The first-order valence-electron chi connectivity index (χ1n) is 9.04. The average Bonchev–Trinajstić information content (AvgIpc) is 2.74. The van der Waals surface area contributed by atoms with E-state index in [2.05, 4.69) is 5.32 Å². The molecule has 0 aliphatic carbocycles. The maximum Gasteiger partial charge on any atom is 0.255 e. The summed E-state index contributed by atoms with van der Waals surface area (Å²) in [4.78, 5) is 25.6. The van der Waals surface area contributed by atoms with Crippen LogP contribution in [-0.2, 0) is 10.0 Å². The lowest BCUT2D eigenvalue weighted by molar-refractivity contribution is 0.102. The summed E-state index contributed by atoms with van der Waals surface area (Å²) in [6.45, 7) is 0. The van der Waals surface area contributed by atoms with Crippen LogP contribution in [0.5, 0.6) is 0 Å². The van der Waals surface area contributed by atoms with Crippen molar-refractivity contribution >= 4 is 39.0 Å². The molecule has 0 fully saturated rings. The summed E-state index contributed by atoms with van der Waals surface area (Å²) in [7, 11) is -0.963. The van der Waals surface area contributed by atoms with E-state index in [1.165, 1.54) is 74.8 Å². The maximum absolute atomic E-state index is 14.1. The fourth-order valence-corrected chi connectivity index (χ4v) is 3.93. The molecule has 0 saturated heterocycles. The van der Waals surface area contributed by atoms with Gasteiger partial charge in [-0.25, -0.2) is 17.1 Å². The third-order valence-electron chi connectivity index (χ3n) is 4.47. The molecule has 31 heavy (non-hydrogen) atoms. The lowest BCUT2D eigenvalue weighted by Gasteiger charge is -2.14. The van der Waals surface area contributed by atoms with E-state index in [1.54, 1.807) is 0 Å². The summed E-state index contributed by atoms with van der Waals surface area (Å²) >= 11 is 6.01. The average molecular weight is 461 g/mol. The van der Waals surface area contributed by atoms with Crippen molar-refractivity contribution in [3.8, 4) is 0 Å². The summed E-state index contributed by atoms with van der Waals surface area (Å²) in [5.41, 5.74) is 0.0213. The molecule has 3 rings (SSSR count). The van der Waals surface area contributed by atoms with Gasteiger partial charge in [0.2, 0.25) is 10.0 Å². The Kier molecular flexibility index (Phi) is 6.54. The number of benzene rings is 3. The van der Waals surface area contributed by atoms with Gasteiger partial charge in [-0.3, -0.25) is 9.59 Å². The van der Waals surface area contributed by atoms with Crippen LogP contribution in [0.15, 0.2) is 71.6 Å². The number of nitrogens with one attached hydrogen (secondary N) is 1. The number of nitrogens with zero attached hydrogens (tertiary/aromatic N) is 1. The van der Waals surface area contributed by atoms with Gasteiger partial charge in [-0.1, -0.05) is 29.8 Å². The number of sulfonamides is 1. The second-order valence-electron chi connectivity index (χ2n) is 6.77. The highest BCUT2D eigenvalue weighted by atomic mass is 35.5. The molecule has 0 heterocycles. The minimum absolute atomic E-state index is 0.00279. The van der Waals surface area contributed by atoms with Gasteiger partial charge in [-0.2, -0.15) is 0 Å². The molecule has 0 radical (unpaired) electrons. The zero-order chi connectivity index (χ0) is 22.8. The molecule has 0 aliphatic heterocycles. The summed E-state index contributed by atoms with van der Waals surface area (Å²) in [5, 5.41) is 2.82. The van der Waals surface area contributed by atoms with Crippen molar-refractivity contribution in [1.29, 1.82) is 0 Å². The van der Waals surface area contributed by atoms with Crippen molar-refractivity contribution < 1.29 is 22.4 Å². The molecule has 1 amide bonds. The fourth-order valence-electron chi connectivity index (χ4n) is 2.81. The summed E-state index contributed by atoms with van der Waals surface area (Å²) in [6.07, 6.45) is 0. The third-order valence-corrected chi connectivity index (χ3v) is 6.51. The number of ketones is 1. The fraction of sp³-hybridized carbons (Fsp3) is 0.0909. The van der Waals surface area contributed by atoms with E-state index in [9.17, 15) is 22.4 Å². The molecule has 6 nitrogen and oxygen atoms in total. The first-order chi connectivity index (χ1) is 14.6. The van der Waals surface area contributed by atoms with Crippen molar-refractivity contribution in [3.05, 3.63) is 94.3 Å². The number of hydrogen-bond acceptors (Lipinski definition) is 4. The quantitative estimate of drug-likeness (QED) is 0.558. The number of rotatable bonds is 6. The molecule has 9 heteroatoms. The molecule has 3 aromatic rings. The van der Waals surface area contributed by atoms with Gasteiger partial charge in [0.25, 0.3) is 5.91 Å². The predicted molar refractivity (Wildman–Crippen MR) is 117 cm³/mol. The summed E-state index contributed by atoms with van der Waals surface area (Å²) in [5.74, 6) is -1.99. The Balaban J connectivity index is 1.97. The molecule has 0 atom stereocenters. The highest BCUT2D eigenvalue weighted by Gasteiger charge is 2.21. The van der Waals surface area contributed by atoms with Gasteiger partial charge in [-0.15, -0.1) is 0 Å². The second-order valence-corrected chi connectivity index (χ2v) is 9.36. The molecule has 0 bridgehead atoms. The van der Waals surface area contributed by atoms with Crippen LogP contribution in [0.25, 0.3) is 0 Å². The smallest absolute Gasteiger partial charge is 0.255 e. The van der Waals surface area contributed by atoms with Crippen LogP contribution in [0.2, 0.25) is 5.02 Å². The van der Waals surface area contributed by atoms with Crippen molar-refractivity contribution in [1.82, 2.24) is 4.31 Å². The number of anilines is 1. The normalized spacial score (nSPS) is 11.4. The molecule has 0 aromatic heterocycles. The molecule has 0 saturated carbocycles. The van der Waals surface area contributed by atoms with Gasteiger partial charge in [-0.05, 0) is 48.5 Å². The monoisotopic (exact) mass is 460 g/mol. The van der Waals surface area contributed by atoms with Crippen LogP contribution in [0, 0.1) is 5.82 Å². The Morgan fingerprint density at radius 2 is 1.65 bits per heavy atom. The number of halogens is 2. The van der Waals surface area contributed by atoms with Gasteiger partial charge >= 0.3 is 0 Å². The van der Waals surface area contributed by atoms with Gasteiger partial charge in [0.15, 0.2) is 5.78 Å². The molecule has 0 spiro atoms. The topological polar surface area (TPSA) is 83.6 Å². The number of hydrogen-bond donors (Lipinski definition) is 1. The number of carbonyl (C=O) groups is 2. The Labute approximate surface area is 184 Å². The third kappa shape index (κ3) is 4.82. The molecule has 1 N–H and O–H groups in total. The SMILES string of the molecule is CN(C)S(=O)(=O)c1cccc(C(=O)Nc2ccc(Cl)cc2C(=O)c2ccccc2F)c1. The Morgan fingerprint density at radius 3 is 2.32 bits per heavy atom. The van der Waals surface area contributed by atoms with E-state index < -0.39 is 27.5 Å². The minimum atomic E-state index is -3.73. The van der Waals surface area contributed by atoms with Crippen molar-refractivity contribution in [2.75, 3.05) is 19.4 Å². The standard InChI is InChI=1S/C22H18ClFN2O4S/c1-26(2)31(29,30)16-7-5-6-14(12-16)22(28)25-20-11-10-15(23)13-18(20)21(27)17-8-3-4-9-19(17)24/h3-13H,1-2H3,(H,25,28). The van der Waals surface area contributed by atoms with Crippen LogP contribution in [0.4, 0.5) is 10.1 Å². The predicted octanol–water partition coefficient (Wildman–Crippen LogP) is 4.21. The largest absolute Gasteiger partial charge is 0.321 e. The Hall–Kier alpha value is -3.07. The van der Waals surface area contributed by atoms with Gasteiger partial charge in [0, 0.05) is 30.2 Å². The first kappa shape index (κ1) is 22.6. The van der Waals surface area contributed by atoms with E-state index in [1.807, 2.05) is 0 Å². The van der Waals surface area contributed by atoms with Gasteiger partial charge < -0.3 is 5.32 Å². The molecule has 160 valence electrons. The zero-order valence-electron chi connectivity index (χ0n) is 16.6. The van der Waals surface area contributed by atoms with E-state index in [0.29, 0.717) is 0 Å². The highest BCUT2D eigenvalue weighted by Crippen LogP contribution is 2.25. The zero-order valence-corrected chi connectivity index (χ0v) is 18.2. The van der Waals surface area contributed by atoms with Crippen LogP contribution in [0.1, 0.15) is 26.3 Å². The van der Waals surface area contributed by atoms with Gasteiger partial charge in [0.05, 0.1) is 16.1 Å². The highest BCUT2D eigenvalue weighted by molar-refractivity contribution is 7.89. The molecule has 0 aliphatic rings. The van der Waals surface area contributed by atoms with Gasteiger partial charge in [0.1, 0.15) is 5.82 Å². The van der Waals surface area contributed by atoms with E-state index in [4.69, 9.17) is 11.6 Å². The lowest BCUT2D eigenvalue weighted by atomic mass is 10.0. The van der Waals surface area contributed by atoms with Crippen molar-refractivity contribution in [2.45, 2.75) is 4.90 Å². The Bertz CT molecular complexity index is 1280. The molecule has 0 unspecified atom stereocenters. The van der Waals surface area contributed by atoms with E-state index in [-0.39, 0.29) is 32.3 Å². The molecular weight excluding hydrogens is 443 g/mol. The summed E-state index contributed by atoms with van der Waals surface area (Å²) < 4.78 is 39.8. The molecular formula is C22H18ClFN2O4S. The van der Waals surface area contributed by atoms with Crippen LogP contribution >= 0.6 is 11.6 Å². The van der Waals surface area contributed by atoms with Crippen LogP contribution in [-0.4, -0.2) is 38.5 Å². The van der Waals surface area contributed by atoms with Crippen molar-refractivity contribution in [3.63, 3.8) is 0 Å². The van der Waals surface area contributed by atoms with Crippen LogP contribution < -0.4 is 5.32 Å². The summed E-state index contributed by atoms with van der Waals surface area (Å²) in [6, 6.07) is 15.2. The Morgan fingerprint density at radius 1 is 0.935 bits per heavy atom. The van der Waals surface area contributed by atoms with Crippen LogP contribution in [0.3, 0.4) is 0 Å². The van der Waals surface area contributed by atoms with E-state index >= 15 is 0 Å². The minimum Gasteiger partial charge on any atom is -0.321 e. The van der Waals surface area contributed by atoms with E-state index in [0.717, 1.165) is 10.4 Å². The number of amides is 1. The lowest BCUT2D eigenvalue weighted by Crippen LogP contribution is -2.23.